The van der Waals surface area contributed by atoms with Gasteiger partial charge in [0.05, 0.1) is 5.92 Å². The zero-order chi connectivity index (χ0) is 16.4. The first-order valence-corrected chi connectivity index (χ1v) is 8.50. The summed E-state index contributed by atoms with van der Waals surface area (Å²) in [5.74, 6) is 0.985. The van der Waals surface area contributed by atoms with Crippen LogP contribution in [0.15, 0.2) is 24.3 Å². The fraction of sp³-hybridized carbons (Fsp3) is 0.556. The maximum Gasteiger partial charge on any atom is 0.251 e. The number of hydrogen-bond acceptors (Lipinski definition) is 3. The normalized spacial score (nSPS) is 28.6. The summed E-state index contributed by atoms with van der Waals surface area (Å²) in [5, 5.41) is 5.78. The minimum atomic E-state index is -0.0731. The summed E-state index contributed by atoms with van der Waals surface area (Å²) in [6, 6.07) is 7.36. The van der Waals surface area contributed by atoms with Crippen LogP contribution in [-0.4, -0.2) is 24.4 Å². The van der Waals surface area contributed by atoms with E-state index >= 15 is 0 Å². The highest BCUT2D eigenvalue weighted by atomic mass is 16.2. The number of carbonyl (C=O) groups excluding carboxylic acids is 2. The van der Waals surface area contributed by atoms with Gasteiger partial charge in [-0.05, 0) is 55.7 Å². The fourth-order valence-electron chi connectivity index (χ4n) is 4.07. The molecule has 2 aliphatic carbocycles. The molecular weight excluding hydrogens is 290 g/mol. The zero-order valence-corrected chi connectivity index (χ0v) is 13.5. The monoisotopic (exact) mass is 315 g/mol. The van der Waals surface area contributed by atoms with E-state index in [1.54, 1.807) is 12.1 Å². The van der Waals surface area contributed by atoms with E-state index in [9.17, 15) is 9.59 Å². The van der Waals surface area contributed by atoms with Crippen LogP contribution < -0.4 is 16.4 Å². The lowest BCUT2D eigenvalue weighted by Gasteiger charge is -2.27. The summed E-state index contributed by atoms with van der Waals surface area (Å²) >= 11 is 0. The number of hydrogen-bond donors (Lipinski definition) is 3. The molecule has 0 heterocycles. The Labute approximate surface area is 137 Å². The molecule has 5 heteroatoms. The van der Waals surface area contributed by atoms with Gasteiger partial charge in [-0.15, -0.1) is 0 Å². The maximum atomic E-state index is 12.4. The minimum absolute atomic E-state index is 0.0221. The lowest BCUT2D eigenvalue weighted by Crippen LogP contribution is -2.45. The van der Waals surface area contributed by atoms with Gasteiger partial charge in [0.1, 0.15) is 0 Å². The first kappa shape index (κ1) is 16.0. The maximum absolute atomic E-state index is 12.4. The summed E-state index contributed by atoms with van der Waals surface area (Å²) in [6.07, 6.45) is 3.43. The van der Waals surface area contributed by atoms with Gasteiger partial charge in [-0.1, -0.05) is 12.1 Å². The largest absolute Gasteiger partial charge is 0.352 e. The van der Waals surface area contributed by atoms with Gasteiger partial charge < -0.3 is 16.4 Å². The Morgan fingerprint density at radius 1 is 1.13 bits per heavy atom. The van der Waals surface area contributed by atoms with Crippen molar-refractivity contribution in [3.05, 3.63) is 35.4 Å². The SMILES string of the molecule is CCNC(=O)c1ccc(CNC(=O)C2C3CCC(C3)C2N)cc1. The second kappa shape index (κ2) is 6.71. The van der Waals surface area contributed by atoms with Crippen LogP contribution in [0.5, 0.6) is 0 Å². The van der Waals surface area contributed by atoms with Crippen molar-refractivity contribution in [2.45, 2.75) is 38.8 Å². The Hall–Kier alpha value is -1.88. The summed E-state index contributed by atoms with van der Waals surface area (Å²) < 4.78 is 0. The second-order valence-corrected chi connectivity index (χ2v) is 6.71. The van der Waals surface area contributed by atoms with E-state index in [0.717, 1.165) is 18.4 Å². The number of benzene rings is 1. The molecule has 5 nitrogen and oxygen atoms in total. The van der Waals surface area contributed by atoms with E-state index in [-0.39, 0.29) is 23.8 Å². The molecule has 0 radical (unpaired) electrons. The Morgan fingerprint density at radius 2 is 1.83 bits per heavy atom. The van der Waals surface area contributed by atoms with E-state index in [4.69, 9.17) is 5.73 Å². The molecular formula is C18H25N3O2. The van der Waals surface area contributed by atoms with E-state index in [0.29, 0.717) is 30.5 Å². The van der Waals surface area contributed by atoms with Crippen molar-refractivity contribution in [3.8, 4) is 0 Å². The highest BCUT2D eigenvalue weighted by Gasteiger charge is 2.48. The molecule has 0 spiro atoms. The third kappa shape index (κ3) is 3.24. The average molecular weight is 315 g/mol. The van der Waals surface area contributed by atoms with Crippen LogP contribution in [-0.2, 0) is 11.3 Å². The molecule has 2 aliphatic rings. The van der Waals surface area contributed by atoms with E-state index in [1.165, 1.54) is 6.42 Å². The number of carbonyl (C=O) groups is 2. The number of rotatable bonds is 5. The average Bonchev–Trinajstić information content (AvgIpc) is 3.14. The first-order valence-electron chi connectivity index (χ1n) is 8.50. The molecule has 2 bridgehead atoms. The van der Waals surface area contributed by atoms with Crippen LogP contribution in [0.3, 0.4) is 0 Å². The molecule has 0 saturated heterocycles. The van der Waals surface area contributed by atoms with Gasteiger partial charge in [-0.3, -0.25) is 9.59 Å². The Balaban J connectivity index is 1.54. The standard InChI is InChI=1S/C18H25N3O2/c1-2-20-17(22)12-5-3-11(4-6-12)10-21-18(23)15-13-7-8-14(9-13)16(15)19/h3-6,13-16H,2,7-10,19H2,1H3,(H,20,22)(H,21,23). The Kier molecular flexibility index (Phi) is 4.66. The number of amides is 2. The predicted octanol–water partition coefficient (Wildman–Crippen LogP) is 1.43. The Bertz CT molecular complexity index is 582. The van der Waals surface area contributed by atoms with Crippen molar-refractivity contribution in [1.82, 2.24) is 10.6 Å². The molecule has 2 saturated carbocycles. The molecule has 0 aliphatic heterocycles. The lowest BCUT2D eigenvalue weighted by molar-refractivity contribution is -0.127. The molecule has 4 atom stereocenters. The van der Waals surface area contributed by atoms with Crippen molar-refractivity contribution in [2.75, 3.05) is 6.54 Å². The van der Waals surface area contributed by atoms with Crippen molar-refractivity contribution in [1.29, 1.82) is 0 Å². The fourth-order valence-corrected chi connectivity index (χ4v) is 4.07. The minimum Gasteiger partial charge on any atom is -0.352 e. The third-order valence-electron chi connectivity index (χ3n) is 5.30. The van der Waals surface area contributed by atoms with Gasteiger partial charge in [-0.2, -0.15) is 0 Å². The van der Waals surface area contributed by atoms with Gasteiger partial charge in [-0.25, -0.2) is 0 Å². The van der Waals surface area contributed by atoms with Crippen LogP contribution in [0.4, 0.5) is 0 Å². The highest BCUT2D eigenvalue weighted by Crippen LogP contribution is 2.47. The van der Waals surface area contributed by atoms with Crippen LogP contribution in [0.25, 0.3) is 0 Å². The smallest absolute Gasteiger partial charge is 0.251 e. The van der Waals surface area contributed by atoms with Crippen LogP contribution >= 0.6 is 0 Å². The number of nitrogens with two attached hydrogens (primary N) is 1. The topological polar surface area (TPSA) is 84.2 Å². The van der Waals surface area contributed by atoms with Gasteiger partial charge in [0.2, 0.25) is 5.91 Å². The number of fused-ring (bicyclic) bond motifs is 2. The predicted molar refractivity (Wildman–Crippen MR) is 88.6 cm³/mol. The van der Waals surface area contributed by atoms with E-state index < -0.39 is 0 Å². The van der Waals surface area contributed by atoms with Crippen LogP contribution in [0.1, 0.15) is 42.1 Å². The van der Waals surface area contributed by atoms with Gasteiger partial charge in [0.25, 0.3) is 5.91 Å². The molecule has 2 fully saturated rings. The van der Waals surface area contributed by atoms with Crippen molar-refractivity contribution in [2.24, 2.45) is 23.5 Å². The van der Waals surface area contributed by atoms with Crippen molar-refractivity contribution in [3.63, 3.8) is 0 Å². The Morgan fingerprint density at radius 3 is 2.43 bits per heavy atom. The number of nitrogens with one attached hydrogen (secondary N) is 2. The molecule has 23 heavy (non-hydrogen) atoms. The molecule has 1 aromatic rings. The molecule has 4 N–H and O–H groups in total. The van der Waals surface area contributed by atoms with E-state index in [1.807, 2.05) is 19.1 Å². The summed E-state index contributed by atoms with van der Waals surface area (Å²) in [7, 11) is 0. The van der Waals surface area contributed by atoms with Gasteiger partial charge in [0, 0.05) is 24.7 Å². The lowest BCUT2D eigenvalue weighted by atomic mass is 9.84. The van der Waals surface area contributed by atoms with Crippen molar-refractivity contribution < 1.29 is 9.59 Å². The molecule has 0 aromatic heterocycles. The molecule has 4 unspecified atom stereocenters. The summed E-state index contributed by atoms with van der Waals surface area (Å²) in [5.41, 5.74) is 7.84. The molecule has 124 valence electrons. The third-order valence-corrected chi connectivity index (χ3v) is 5.30. The van der Waals surface area contributed by atoms with E-state index in [2.05, 4.69) is 10.6 Å². The summed E-state index contributed by atoms with van der Waals surface area (Å²) in [6.45, 7) is 2.98. The van der Waals surface area contributed by atoms with Gasteiger partial charge in [0.15, 0.2) is 0 Å². The quantitative estimate of drug-likeness (QED) is 0.768. The van der Waals surface area contributed by atoms with Crippen LogP contribution in [0, 0.1) is 17.8 Å². The van der Waals surface area contributed by atoms with Crippen molar-refractivity contribution >= 4 is 11.8 Å². The van der Waals surface area contributed by atoms with Crippen LogP contribution in [0.2, 0.25) is 0 Å². The summed E-state index contributed by atoms with van der Waals surface area (Å²) in [4.78, 5) is 24.1. The molecule has 2 amide bonds. The van der Waals surface area contributed by atoms with Gasteiger partial charge >= 0.3 is 0 Å². The molecule has 3 rings (SSSR count). The highest BCUT2D eigenvalue weighted by molar-refractivity contribution is 5.94. The first-order chi connectivity index (χ1) is 11.1. The molecule has 1 aromatic carbocycles. The zero-order valence-electron chi connectivity index (χ0n) is 13.5. The second-order valence-electron chi connectivity index (χ2n) is 6.71.